The van der Waals surface area contributed by atoms with Crippen LogP contribution in [0.25, 0.3) is 6.08 Å². The van der Waals surface area contributed by atoms with E-state index in [9.17, 15) is 22.8 Å². The molecule has 3 rings (SSSR count). The second-order valence-electron chi connectivity index (χ2n) is 7.47. The number of hydrogen-bond acceptors (Lipinski definition) is 4. The van der Waals surface area contributed by atoms with Crippen molar-refractivity contribution < 1.29 is 27.5 Å². The van der Waals surface area contributed by atoms with Crippen LogP contribution in [0, 0.1) is 0 Å². The van der Waals surface area contributed by atoms with Gasteiger partial charge in [0.15, 0.2) is 5.69 Å². The Bertz CT molecular complexity index is 1140. The van der Waals surface area contributed by atoms with Gasteiger partial charge in [0.1, 0.15) is 6.04 Å². The summed E-state index contributed by atoms with van der Waals surface area (Å²) < 4.78 is 46.3. The number of esters is 1. The monoisotopic (exact) mass is 471 g/mol. The van der Waals surface area contributed by atoms with Gasteiger partial charge in [-0.3, -0.25) is 9.48 Å². The maximum Gasteiger partial charge on any atom is 0.435 e. The van der Waals surface area contributed by atoms with Crippen molar-refractivity contribution in [3.63, 3.8) is 0 Å². The van der Waals surface area contributed by atoms with E-state index in [0.29, 0.717) is 5.56 Å². The van der Waals surface area contributed by atoms with E-state index in [0.717, 1.165) is 16.4 Å². The lowest BCUT2D eigenvalue weighted by atomic mass is 9.90. The van der Waals surface area contributed by atoms with Gasteiger partial charge in [0.05, 0.1) is 12.2 Å². The summed E-state index contributed by atoms with van der Waals surface area (Å²) in [7, 11) is 1.28. The Morgan fingerprint density at radius 1 is 1.09 bits per heavy atom. The molecule has 0 aliphatic rings. The molecule has 178 valence electrons. The van der Waals surface area contributed by atoms with Crippen LogP contribution in [0.2, 0.25) is 0 Å². The van der Waals surface area contributed by atoms with Crippen LogP contribution in [-0.4, -0.2) is 34.3 Å². The number of nitrogens with zero attached hydrogens (tertiary/aromatic N) is 2. The second-order valence-corrected chi connectivity index (χ2v) is 7.47. The van der Waals surface area contributed by atoms with Gasteiger partial charge in [-0.25, -0.2) is 4.79 Å². The number of aryl methyl sites for hydroxylation is 1. The van der Waals surface area contributed by atoms with E-state index >= 15 is 0 Å². The highest BCUT2D eigenvalue weighted by molar-refractivity contribution is 5.98. The minimum Gasteiger partial charge on any atom is -0.464 e. The number of rotatable bonds is 8. The Morgan fingerprint density at radius 3 is 2.29 bits per heavy atom. The smallest absolute Gasteiger partial charge is 0.435 e. The summed E-state index contributed by atoms with van der Waals surface area (Å²) in [5.41, 5.74) is -0.478. The van der Waals surface area contributed by atoms with E-state index in [1.165, 1.54) is 7.05 Å². The quantitative estimate of drug-likeness (QED) is 0.488. The van der Waals surface area contributed by atoms with Gasteiger partial charge in [0.2, 0.25) is 0 Å². The molecule has 2 unspecified atom stereocenters. The third kappa shape index (κ3) is 6.12. The average Bonchev–Trinajstić information content (AvgIpc) is 3.22. The second kappa shape index (κ2) is 10.8. The first-order valence-electron chi connectivity index (χ1n) is 10.6. The summed E-state index contributed by atoms with van der Waals surface area (Å²) in [5.74, 6) is -2.55. The molecular formula is C25H24F3N3O3. The van der Waals surface area contributed by atoms with Crippen molar-refractivity contribution in [2.45, 2.75) is 25.1 Å². The van der Waals surface area contributed by atoms with E-state index in [1.807, 2.05) is 30.3 Å². The van der Waals surface area contributed by atoms with Gasteiger partial charge >= 0.3 is 12.1 Å². The minimum atomic E-state index is -4.83. The summed E-state index contributed by atoms with van der Waals surface area (Å²) in [6, 6.07) is 16.9. The zero-order chi connectivity index (χ0) is 24.7. The maximum atomic E-state index is 13.4. The number of hydrogen-bond donors (Lipinski definition) is 1. The van der Waals surface area contributed by atoms with E-state index in [1.54, 1.807) is 49.4 Å². The standard InChI is InChI=1S/C25H24F3N3O3/c1-3-34-24(33)21(29-23(32)20-16-31(2)30-22(20)25(26,27)28)19(18-12-8-5-9-13-18)15-14-17-10-6-4-7-11-17/h4-16,19,21H,3H2,1-2H3,(H,29,32). The summed E-state index contributed by atoms with van der Waals surface area (Å²) in [6.07, 6.45) is -0.362. The van der Waals surface area contributed by atoms with Crippen molar-refractivity contribution in [3.8, 4) is 0 Å². The SMILES string of the molecule is CCOC(=O)C(NC(=O)c1cn(C)nc1C(F)(F)F)C(C=Cc1ccccc1)c1ccccc1. The third-order valence-corrected chi connectivity index (χ3v) is 5.01. The number of amides is 1. The first-order chi connectivity index (χ1) is 16.2. The summed E-state index contributed by atoms with van der Waals surface area (Å²) in [5, 5.41) is 5.83. The molecule has 6 nitrogen and oxygen atoms in total. The van der Waals surface area contributed by atoms with E-state index < -0.39 is 41.3 Å². The molecule has 3 aromatic rings. The summed E-state index contributed by atoms with van der Waals surface area (Å²) in [4.78, 5) is 25.9. The van der Waals surface area contributed by atoms with Crippen LogP contribution in [0.1, 0.15) is 40.0 Å². The number of nitrogens with one attached hydrogen (secondary N) is 1. The predicted octanol–water partition coefficient (Wildman–Crippen LogP) is 4.60. The van der Waals surface area contributed by atoms with E-state index in [-0.39, 0.29) is 6.61 Å². The average molecular weight is 471 g/mol. The van der Waals surface area contributed by atoms with Gasteiger partial charge in [0.25, 0.3) is 5.91 Å². The molecule has 0 radical (unpaired) electrons. The van der Waals surface area contributed by atoms with Gasteiger partial charge in [-0.2, -0.15) is 18.3 Å². The van der Waals surface area contributed by atoms with E-state index in [2.05, 4.69) is 10.4 Å². The highest BCUT2D eigenvalue weighted by Crippen LogP contribution is 2.31. The number of benzene rings is 2. The van der Waals surface area contributed by atoms with Gasteiger partial charge < -0.3 is 10.1 Å². The molecule has 1 amide bonds. The van der Waals surface area contributed by atoms with Crippen molar-refractivity contribution in [2.24, 2.45) is 7.05 Å². The molecule has 1 heterocycles. The maximum absolute atomic E-state index is 13.4. The fourth-order valence-electron chi connectivity index (χ4n) is 3.48. The topological polar surface area (TPSA) is 73.2 Å². The van der Waals surface area contributed by atoms with Gasteiger partial charge in [0, 0.05) is 19.2 Å². The van der Waals surface area contributed by atoms with Gasteiger partial charge in [-0.1, -0.05) is 72.8 Å². The molecule has 1 N–H and O–H groups in total. The van der Waals surface area contributed by atoms with Crippen LogP contribution in [0.4, 0.5) is 13.2 Å². The Labute approximate surface area is 195 Å². The summed E-state index contributed by atoms with van der Waals surface area (Å²) >= 11 is 0. The van der Waals surface area contributed by atoms with Crippen LogP contribution in [0.3, 0.4) is 0 Å². The lowest BCUT2D eigenvalue weighted by Gasteiger charge is -2.25. The molecule has 0 bridgehead atoms. The Hall–Kier alpha value is -3.88. The molecule has 1 aromatic heterocycles. The number of aromatic nitrogens is 2. The molecule has 2 atom stereocenters. The Kier molecular flexibility index (Phi) is 7.88. The largest absolute Gasteiger partial charge is 0.464 e. The van der Waals surface area contributed by atoms with E-state index in [4.69, 9.17) is 4.74 Å². The fourth-order valence-corrected chi connectivity index (χ4v) is 3.48. The predicted molar refractivity (Wildman–Crippen MR) is 121 cm³/mol. The molecule has 0 saturated heterocycles. The molecular weight excluding hydrogens is 447 g/mol. The van der Waals surface area contributed by atoms with Crippen LogP contribution in [-0.2, 0) is 22.8 Å². The number of carbonyl (C=O) groups is 2. The molecule has 0 aliphatic carbocycles. The Balaban J connectivity index is 2.02. The normalized spacial score (nSPS) is 13.4. The number of alkyl halides is 3. The first kappa shape index (κ1) is 24.8. The molecule has 0 saturated carbocycles. The molecule has 0 spiro atoms. The highest BCUT2D eigenvalue weighted by atomic mass is 19.4. The lowest BCUT2D eigenvalue weighted by Crippen LogP contribution is -2.45. The van der Waals surface area contributed by atoms with Crippen molar-refractivity contribution in [1.29, 1.82) is 0 Å². The van der Waals surface area contributed by atoms with Crippen LogP contribution in [0.15, 0.2) is 72.9 Å². The first-order valence-corrected chi connectivity index (χ1v) is 10.6. The van der Waals surface area contributed by atoms with Crippen molar-refractivity contribution in [3.05, 3.63) is 95.3 Å². The highest BCUT2D eigenvalue weighted by Gasteiger charge is 2.40. The van der Waals surface area contributed by atoms with Crippen molar-refractivity contribution >= 4 is 18.0 Å². The van der Waals surface area contributed by atoms with Gasteiger partial charge in [-0.05, 0) is 18.1 Å². The Morgan fingerprint density at radius 2 is 1.71 bits per heavy atom. The van der Waals surface area contributed by atoms with Crippen LogP contribution < -0.4 is 5.32 Å². The molecule has 0 aliphatic heterocycles. The van der Waals surface area contributed by atoms with Crippen molar-refractivity contribution in [1.82, 2.24) is 15.1 Å². The zero-order valence-electron chi connectivity index (χ0n) is 18.6. The van der Waals surface area contributed by atoms with Gasteiger partial charge in [-0.15, -0.1) is 0 Å². The number of halogens is 3. The molecule has 9 heteroatoms. The van der Waals surface area contributed by atoms with Crippen LogP contribution in [0.5, 0.6) is 0 Å². The minimum absolute atomic E-state index is 0.0375. The summed E-state index contributed by atoms with van der Waals surface area (Å²) in [6.45, 7) is 1.65. The fraction of sp³-hybridized carbons (Fsp3) is 0.240. The number of carbonyl (C=O) groups excluding carboxylic acids is 2. The lowest BCUT2D eigenvalue weighted by molar-refractivity contribution is -0.145. The zero-order valence-corrected chi connectivity index (χ0v) is 18.6. The van der Waals surface area contributed by atoms with Crippen molar-refractivity contribution in [2.75, 3.05) is 6.61 Å². The molecule has 2 aromatic carbocycles. The number of ether oxygens (including phenoxy) is 1. The van der Waals surface area contributed by atoms with Crippen LogP contribution >= 0.6 is 0 Å². The molecule has 0 fully saturated rings. The third-order valence-electron chi connectivity index (χ3n) is 5.01. The molecule has 34 heavy (non-hydrogen) atoms.